The highest BCUT2D eigenvalue weighted by Crippen LogP contribution is 2.23. The van der Waals surface area contributed by atoms with Crippen molar-refractivity contribution in [1.82, 2.24) is 9.80 Å². The number of nitrogens with zero attached hydrogens (tertiary/aromatic N) is 2. The third-order valence-corrected chi connectivity index (χ3v) is 7.82. The SMILES string of the molecule is CCCCCCCCCCCCCCCCCN1C=CN(CCCCCCCC)C1CCCC. The van der Waals surface area contributed by atoms with Crippen LogP contribution in [0.1, 0.15) is 175 Å². The summed E-state index contributed by atoms with van der Waals surface area (Å²) in [6.07, 6.45) is 39.6. The molecule has 1 heterocycles. The quantitative estimate of drug-likeness (QED) is 0.114. The fourth-order valence-corrected chi connectivity index (χ4v) is 5.47. The van der Waals surface area contributed by atoms with Gasteiger partial charge in [0.1, 0.15) is 6.17 Å². The lowest BCUT2D eigenvalue weighted by molar-refractivity contribution is 0.136. The van der Waals surface area contributed by atoms with Crippen molar-refractivity contribution < 1.29 is 0 Å². The van der Waals surface area contributed by atoms with Crippen molar-refractivity contribution in [2.75, 3.05) is 13.1 Å². The maximum absolute atomic E-state index is 2.66. The zero-order valence-corrected chi connectivity index (χ0v) is 24.0. The molecule has 0 amide bonds. The molecule has 2 heteroatoms. The Kier molecular flexibility index (Phi) is 22.2. The van der Waals surface area contributed by atoms with E-state index in [1.165, 1.54) is 167 Å². The molecule has 0 fully saturated rings. The first-order valence-electron chi connectivity index (χ1n) is 16.0. The van der Waals surface area contributed by atoms with Crippen molar-refractivity contribution in [3.63, 3.8) is 0 Å². The standard InChI is InChI=1S/C32H64N2/c1-4-7-10-12-14-15-16-17-18-19-20-21-22-24-26-29-34-31-30-33(32(34)27-9-6-3)28-25-23-13-11-8-5-2/h30-32H,4-29H2,1-3H3. The van der Waals surface area contributed by atoms with Gasteiger partial charge in [-0.25, -0.2) is 0 Å². The predicted molar refractivity (Wildman–Crippen MR) is 154 cm³/mol. The molecule has 0 N–H and O–H groups in total. The second-order valence-corrected chi connectivity index (χ2v) is 11.1. The monoisotopic (exact) mass is 477 g/mol. The van der Waals surface area contributed by atoms with Crippen LogP contribution in [0.2, 0.25) is 0 Å². The van der Waals surface area contributed by atoms with Gasteiger partial charge in [0.15, 0.2) is 0 Å². The van der Waals surface area contributed by atoms with Gasteiger partial charge in [0.05, 0.1) is 0 Å². The molecule has 2 nitrogen and oxygen atoms in total. The van der Waals surface area contributed by atoms with Crippen LogP contribution >= 0.6 is 0 Å². The van der Waals surface area contributed by atoms with E-state index in [1.807, 2.05) is 0 Å². The van der Waals surface area contributed by atoms with Gasteiger partial charge in [0, 0.05) is 25.5 Å². The lowest BCUT2D eigenvalue weighted by Crippen LogP contribution is -2.39. The minimum Gasteiger partial charge on any atom is -0.356 e. The average molecular weight is 477 g/mol. The zero-order valence-electron chi connectivity index (χ0n) is 24.0. The molecule has 1 aliphatic rings. The molecule has 0 aromatic carbocycles. The average Bonchev–Trinajstić information content (AvgIpc) is 3.23. The van der Waals surface area contributed by atoms with E-state index in [0.717, 1.165) is 0 Å². The van der Waals surface area contributed by atoms with Gasteiger partial charge in [0.2, 0.25) is 0 Å². The van der Waals surface area contributed by atoms with E-state index < -0.39 is 0 Å². The van der Waals surface area contributed by atoms with Crippen molar-refractivity contribution in [3.05, 3.63) is 12.4 Å². The molecule has 0 radical (unpaired) electrons. The fraction of sp³-hybridized carbons (Fsp3) is 0.938. The lowest BCUT2D eigenvalue weighted by atomic mass is 10.0. The van der Waals surface area contributed by atoms with Gasteiger partial charge in [-0.2, -0.15) is 0 Å². The van der Waals surface area contributed by atoms with E-state index in [4.69, 9.17) is 0 Å². The predicted octanol–water partition coefficient (Wildman–Crippen LogP) is 10.8. The molecule has 0 aromatic rings. The molecule has 34 heavy (non-hydrogen) atoms. The third kappa shape index (κ3) is 16.9. The van der Waals surface area contributed by atoms with Gasteiger partial charge in [0.25, 0.3) is 0 Å². The molecule has 0 spiro atoms. The molecule has 0 aromatic heterocycles. The topological polar surface area (TPSA) is 6.48 Å². The summed E-state index contributed by atoms with van der Waals surface area (Å²) in [4.78, 5) is 5.32. The van der Waals surface area contributed by atoms with Crippen molar-refractivity contribution in [1.29, 1.82) is 0 Å². The summed E-state index contributed by atoms with van der Waals surface area (Å²) in [5.41, 5.74) is 0. The highest BCUT2D eigenvalue weighted by atomic mass is 15.4. The number of hydrogen-bond acceptors (Lipinski definition) is 2. The Balaban J connectivity index is 2.01. The molecular formula is C32H64N2. The zero-order chi connectivity index (χ0) is 24.5. The van der Waals surface area contributed by atoms with E-state index in [0.29, 0.717) is 6.17 Å². The van der Waals surface area contributed by atoms with Gasteiger partial charge >= 0.3 is 0 Å². The molecule has 0 saturated carbocycles. The summed E-state index contributed by atoms with van der Waals surface area (Å²) in [6, 6.07) is 0. The Hall–Kier alpha value is -0.660. The molecular weight excluding hydrogens is 412 g/mol. The van der Waals surface area contributed by atoms with Crippen molar-refractivity contribution >= 4 is 0 Å². The van der Waals surface area contributed by atoms with Crippen LogP contribution in [-0.4, -0.2) is 29.1 Å². The van der Waals surface area contributed by atoms with Gasteiger partial charge in [-0.3, -0.25) is 0 Å². The summed E-state index contributed by atoms with van der Waals surface area (Å²) in [5.74, 6) is 0. The van der Waals surface area contributed by atoms with Gasteiger partial charge in [-0.05, 0) is 25.7 Å². The first-order chi connectivity index (χ1) is 16.8. The highest BCUT2D eigenvalue weighted by Gasteiger charge is 2.24. The molecule has 1 rings (SSSR count). The van der Waals surface area contributed by atoms with Crippen LogP contribution in [0.25, 0.3) is 0 Å². The Labute approximate surface area is 216 Å². The summed E-state index contributed by atoms with van der Waals surface area (Å²) in [5, 5.41) is 0. The Morgan fingerprint density at radius 3 is 1.00 bits per heavy atom. The first kappa shape index (κ1) is 31.4. The Morgan fingerprint density at radius 1 is 0.382 bits per heavy atom. The molecule has 1 unspecified atom stereocenters. The van der Waals surface area contributed by atoms with E-state index >= 15 is 0 Å². The van der Waals surface area contributed by atoms with E-state index in [-0.39, 0.29) is 0 Å². The third-order valence-electron chi connectivity index (χ3n) is 7.82. The Morgan fingerprint density at radius 2 is 0.676 bits per heavy atom. The second kappa shape index (κ2) is 24.1. The largest absolute Gasteiger partial charge is 0.356 e. The molecule has 1 atom stereocenters. The van der Waals surface area contributed by atoms with Crippen LogP contribution in [0.3, 0.4) is 0 Å². The summed E-state index contributed by atoms with van der Waals surface area (Å²) in [6.45, 7) is 9.46. The summed E-state index contributed by atoms with van der Waals surface area (Å²) >= 11 is 0. The van der Waals surface area contributed by atoms with Gasteiger partial charge < -0.3 is 9.80 Å². The van der Waals surface area contributed by atoms with E-state index in [2.05, 4.69) is 43.0 Å². The number of rotatable bonds is 26. The van der Waals surface area contributed by atoms with Crippen LogP contribution in [0.15, 0.2) is 12.4 Å². The van der Waals surface area contributed by atoms with Crippen molar-refractivity contribution in [2.24, 2.45) is 0 Å². The van der Waals surface area contributed by atoms with Gasteiger partial charge in [-0.15, -0.1) is 0 Å². The second-order valence-electron chi connectivity index (χ2n) is 11.1. The molecule has 0 bridgehead atoms. The summed E-state index contributed by atoms with van der Waals surface area (Å²) in [7, 11) is 0. The Bertz CT molecular complexity index is 433. The van der Waals surface area contributed by atoms with Crippen LogP contribution < -0.4 is 0 Å². The minimum atomic E-state index is 0.641. The van der Waals surface area contributed by atoms with Crippen LogP contribution in [0, 0.1) is 0 Å². The van der Waals surface area contributed by atoms with Crippen molar-refractivity contribution in [2.45, 2.75) is 181 Å². The maximum Gasteiger partial charge on any atom is 0.101 e. The molecule has 202 valence electrons. The molecule has 1 aliphatic heterocycles. The van der Waals surface area contributed by atoms with Crippen LogP contribution in [0.5, 0.6) is 0 Å². The lowest BCUT2D eigenvalue weighted by Gasteiger charge is -2.33. The van der Waals surface area contributed by atoms with Crippen molar-refractivity contribution in [3.8, 4) is 0 Å². The smallest absolute Gasteiger partial charge is 0.101 e. The highest BCUT2D eigenvalue weighted by molar-refractivity contribution is 4.96. The van der Waals surface area contributed by atoms with Crippen LogP contribution in [-0.2, 0) is 0 Å². The first-order valence-corrected chi connectivity index (χ1v) is 16.0. The number of hydrogen-bond donors (Lipinski definition) is 0. The van der Waals surface area contributed by atoms with E-state index in [9.17, 15) is 0 Å². The maximum atomic E-state index is 2.66. The summed E-state index contributed by atoms with van der Waals surface area (Å²) < 4.78 is 0. The number of unbranched alkanes of at least 4 members (excludes halogenated alkanes) is 20. The molecule has 0 saturated heterocycles. The van der Waals surface area contributed by atoms with Gasteiger partial charge in [-0.1, -0.05) is 149 Å². The van der Waals surface area contributed by atoms with E-state index in [1.54, 1.807) is 0 Å². The fourth-order valence-electron chi connectivity index (χ4n) is 5.47. The minimum absolute atomic E-state index is 0.641. The normalized spacial score (nSPS) is 15.7. The molecule has 0 aliphatic carbocycles. The van der Waals surface area contributed by atoms with Crippen LogP contribution in [0.4, 0.5) is 0 Å².